The van der Waals surface area contributed by atoms with Crippen LogP contribution in [0.2, 0.25) is 0 Å². The molecule has 0 bridgehead atoms. The van der Waals surface area contributed by atoms with E-state index in [2.05, 4.69) is 10.0 Å². The van der Waals surface area contributed by atoms with Crippen molar-refractivity contribution in [3.63, 3.8) is 0 Å². The van der Waals surface area contributed by atoms with E-state index in [0.29, 0.717) is 0 Å². The Morgan fingerprint density at radius 1 is 1.44 bits per heavy atom. The van der Waals surface area contributed by atoms with E-state index in [0.717, 1.165) is 24.3 Å². The molecule has 3 rings (SSSR count). The number of nitrogens with zero attached hydrogens (tertiary/aromatic N) is 4. The van der Waals surface area contributed by atoms with E-state index >= 15 is 0 Å². The molecular weight excluding hydrogens is 248 g/mol. The molecule has 2 atom stereocenters. The molecule has 2 heterocycles. The van der Waals surface area contributed by atoms with Crippen LogP contribution in [0, 0.1) is 0 Å². The Kier molecular flexibility index (Phi) is 2.69. The van der Waals surface area contributed by atoms with Gasteiger partial charge in [-0.1, -0.05) is 35.4 Å². The topological polar surface area (TPSA) is 69.1 Å². The fourth-order valence-corrected chi connectivity index (χ4v) is 4.23. The van der Waals surface area contributed by atoms with E-state index in [4.69, 9.17) is 5.53 Å². The van der Waals surface area contributed by atoms with E-state index in [-0.39, 0.29) is 5.91 Å². The van der Waals surface area contributed by atoms with Crippen molar-refractivity contribution in [2.45, 2.75) is 17.3 Å². The fourth-order valence-electron chi connectivity index (χ4n) is 2.70. The largest absolute Gasteiger partial charge is 0.322 e. The Balaban J connectivity index is 2.09. The van der Waals surface area contributed by atoms with Crippen LogP contribution < -0.4 is 0 Å². The number of β-lactam (4-membered cyclic amide) rings is 1. The summed E-state index contributed by atoms with van der Waals surface area (Å²) in [5, 5.41) is 3.71. The molecule has 1 unspecified atom stereocenters. The zero-order chi connectivity index (χ0) is 12.6. The van der Waals surface area contributed by atoms with Gasteiger partial charge in [0.15, 0.2) is 6.04 Å². The van der Waals surface area contributed by atoms with Crippen LogP contribution >= 0.6 is 11.8 Å². The number of benzene rings is 1. The van der Waals surface area contributed by atoms with Crippen molar-refractivity contribution in [3.8, 4) is 0 Å². The first kappa shape index (κ1) is 11.4. The van der Waals surface area contributed by atoms with Crippen LogP contribution in [0.5, 0.6) is 0 Å². The number of hydrogen-bond donors (Lipinski definition) is 0. The van der Waals surface area contributed by atoms with Gasteiger partial charge in [-0.05, 0) is 23.3 Å². The van der Waals surface area contributed by atoms with Gasteiger partial charge in [-0.3, -0.25) is 4.79 Å². The van der Waals surface area contributed by atoms with Crippen molar-refractivity contribution in [2.24, 2.45) is 5.11 Å². The van der Waals surface area contributed by atoms with Gasteiger partial charge >= 0.3 is 0 Å². The van der Waals surface area contributed by atoms with E-state index in [1.807, 2.05) is 35.2 Å². The van der Waals surface area contributed by atoms with E-state index in [9.17, 15) is 4.79 Å². The summed E-state index contributed by atoms with van der Waals surface area (Å²) in [7, 11) is 0. The maximum atomic E-state index is 12.0. The zero-order valence-electron chi connectivity index (χ0n) is 9.69. The molecular formula is C12H12N4OS. The van der Waals surface area contributed by atoms with Crippen LogP contribution in [0.1, 0.15) is 12.0 Å². The molecule has 6 heteroatoms. The molecule has 0 spiro atoms. The summed E-state index contributed by atoms with van der Waals surface area (Å²) in [6.45, 7) is 0.748. The highest BCUT2D eigenvalue weighted by atomic mass is 32.2. The van der Waals surface area contributed by atoms with E-state index in [1.165, 1.54) is 0 Å². The maximum absolute atomic E-state index is 12.0. The van der Waals surface area contributed by atoms with Gasteiger partial charge in [-0.25, -0.2) is 0 Å². The number of carbonyl (C=O) groups is 1. The third-order valence-corrected chi connectivity index (χ3v) is 5.09. The van der Waals surface area contributed by atoms with Gasteiger partial charge in [0, 0.05) is 11.5 Å². The van der Waals surface area contributed by atoms with Gasteiger partial charge in [0.2, 0.25) is 5.91 Å². The monoisotopic (exact) mass is 260 g/mol. The van der Waals surface area contributed by atoms with Gasteiger partial charge < -0.3 is 4.90 Å². The molecule has 92 valence electrons. The van der Waals surface area contributed by atoms with Gasteiger partial charge in [0.05, 0.1) is 0 Å². The first-order valence-electron chi connectivity index (χ1n) is 5.86. The number of hydrogen-bond acceptors (Lipinski definition) is 3. The molecule has 2 aliphatic rings. The lowest BCUT2D eigenvalue weighted by molar-refractivity contribution is -0.153. The van der Waals surface area contributed by atoms with Crippen molar-refractivity contribution in [1.29, 1.82) is 0 Å². The number of carbonyl (C=O) groups excluding carboxylic acids is 1. The maximum Gasteiger partial charge on any atom is 0.236 e. The molecule has 2 fully saturated rings. The second-order valence-corrected chi connectivity index (χ2v) is 5.68. The molecule has 18 heavy (non-hydrogen) atoms. The van der Waals surface area contributed by atoms with Crippen LogP contribution in [0.25, 0.3) is 10.4 Å². The smallest absolute Gasteiger partial charge is 0.236 e. The molecule has 0 saturated carbocycles. The van der Waals surface area contributed by atoms with Crippen molar-refractivity contribution < 1.29 is 4.79 Å². The van der Waals surface area contributed by atoms with Crippen molar-refractivity contribution >= 4 is 17.7 Å². The minimum absolute atomic E-state index is 0.0520. The van der Waals surface area contributed by atoms with Crippen LogP contribution in [0.3, 0.4) is 0 Å². The number of azide groups is 1. The second-order valence-electron chi connectivity index (χ2n) is 4.36. The minimum atomic E-state index is -0.602. The normalized spacial score (nSPS) is 30.1. The molecule has 5 nitrogen and oxygen atoms in total. The van der Waals surface area contributed by atoms with Gasteiger partial charge in [-0.15, -0.1) is 11.8 Å². The van der Waals surface area contributed by atoms with Crippen LogP contribution in [0.15, 0.2) is 35.4 Å². The second kappa shape index (κ2) is 4.23. The molecule has 0 radical (unpaired) electrons. The molecule has 2 aliphatic heterocycles. The zero-order valence-corrected chi connectivity index (χ0v) is 10.5. The summed E-state index contributed by atoms with van der Waals surface area (Å²) in [5.41, 5.74) is 9.70. The minimum Gasteiger partial charge on any atom is -0.322 e. The number of amides is 1. The average Bonchev–Trinajstić information content (AvgIpc) is 2.44. The highest BCUT2D eigenvalue weighted by Gasteiger charge is 2.62. The SMILES string of the molecule is [N-]=[N+]=NC1C(=O)N2CCCS[C@]12c1ccccc1. The first-order valence-corrected chi connectivity index (χ1v) is 6.84. The Morgan fingerprint density at radius 3 is 2.94 bits per heavy atom. The summed E-state index contributed by atoms with van der Waals surface area (Å²) in [6.07, 6.45) is 0.994. The molecule has 1 aromatic rings. The fraction of sp³-hybridized carbons (Fsp3) is 0.417. The van der Waals surface area contributed by atoms with Gasteiger partial charge in [0.1, 0.15) is 4.87 Å². The summed E-state index contributed by atoms with van der Waals surface area (Å²) in [4.78, 5) is 16.2. The lowest BCUT2D eigenvalue weighted by atomic mass is 9.87. The Hall–Kier alpha value is -1.65. The summed E-state index contributed by atoms with van der Waals surface area (Å²) in [6, 6.07) is 9.24. The predicted molar refractivity (Wildman–Crippen MR) is 69.8 cm³/mol. The first-order chi connectivity index (χ1) is 8.80. The number of fused-ring (bicyclic) bond motifs is 1. The Bertz CT molecular complexity index is 528. The van der Waals surface area contributed by atoms with E-state index < -0.39 is 10.9 Å². The van der Waals surface area contributed by atoms with Crippen LogP contribution in [-0.2, 0) is 9.67 Å². The molecule has 1 amide bonds. The van der Waals surface area contributed by atoms with Gasteiger partial charge in [0.25, 0.3) is 0 Å². The molecule has 2 saturated heterocycles. The predicted octanol–water partition coefficient (Wildman–Crippen LogP) is 2.50. The number of rotatable bonds is 2. The highest BCUT2D eigenvalue weighted by Crippen LogP contribution is 2.54. The third kappa shape index (κ3) is 1.36. The Morgan fingerprint density at radius 2 is 2.22 bits per heavy atom. The van der Waals surface area contributed by atoms with Crippen molar-refractivity contribution in [2.75, 3.05) is 12.3 Å². The molecule has 0 N–H and O–H groups in total. The molecule has 0 aromatic heterocycles. The van der Waals surface area contributed by atoms with Crippen LogP contribution in [-0.4, -0.2) is 29.1 Å². The van der Waals surface area contributed by atoms with Crippen molar-refractivity contribution in [1.82, 2.24) is 4.90 Å². The lowest BCUT2D eigenvalue weighted by Crippen LogP contribution is -2.71. The van der Waals surface area contributed by atoms with E-state index in [1.54, 1.807) is 11.8 Å². The molecule has 0 aliphatic carbocycles. The summed E-state index contributed by atoms with van der Waals surface area (Å²) >= 11 is 1.71. The summed E-state index contributed by atoms with van der Waals surface area (Å²) in [5.74, 6) is 0.930. The quantitative estimate of drug-likeness (QED) is 0.355. The number of thioether (sulfide) groups is 1. The summed E-state index contributed by atoms with van der Waals surface area (Å²) < 4.78 is 0. The van der Waals surface area contributed by atoms with Crippen molar-refractivity contribution in [3.05, 3.63) is 46.3 Å². The van der Waals surface area contributed by atoms with Crippen LogP contribution in [0.4, 0.5) is 0 Å². The molecule has 1 aromatic carbocycles. The lowest BCUT2D eigenvalue weighted by Gasteiger charge is -2.58. The van der Waals surface area contributed by atoms with Gasteiger partial charge in [-0.2, -0.15) is 0 Å². The average molecular weight is 260 g/mol. The highest BCUT2D eigenvalue weighted by molar-refractivity contribution is 8.00. The Labute approximate surface area is 109 Å². The third-order valence-electron chi connectivity index (χ3n) is 3.47. The standard InChI is InChI=1S/C12H12N4OS/c13-15-14-10-11(17)16-7-4-8-18-12(10,16)9-5-2-1-3-6-9/h1-3,5-6,10H,4,7-8H2/t10?,12-/m1/s1.